The van der Waals surface area contributed by atoms with Crippen LogP contribution in [-0.4, -0.2) is 48.0 Å². The van der Waals surface area contributed by atoms with Crippen molar-refractivity contribution in [3.8, 4) is 0 Å². The first-order valence-corrected chi connectivity index (χ1v) is 9.29. The first kappa shape index (κ1) is 20.9. The van der Waals surface area contributed by atoms with Crippen molar-refractivity contribution in [3.63, 3.8) is 0 Å². The predicted molar refractivity (Wildman–Crippen MR) is 91.7 cm³/mol. The molecule has 0 rings (SSSR count). The van der Waals surface area contributed by atoms with Gasteiger partial charge in [0.15, 0.2) is 0 Å². The summed E-state index contributed by atoms with van der Waals surface area (Å²) in [5.41, 5.74) is 0. The number of rotatable bonds is 17. The lowest BCUT2D eigenvalue weighted by molar-refractivity contribution is 0.199. The van der Waals surface area contributed by atoms with Crippen molar-refractivity contribution < 1.29 is 10.2 Å². The number of aliphatic hydroxyl groups is 2. The van der Waals surface area contributed by atoms with Gasteiger partial charge in [-0.05, 0) is 25.8 Å². The molecule has 3 nitrogen and oxygen atoms in total. The molecule has 0 amide bonds. The lowest BCUT2D eigenvalue weighted by Crippen LogP contribution is -2.28. The van der Waals surface area contributed by atoms with Crippen LogP contribution in [0.4, 0.5) is 0 Å². The quantitative estimate of drug-likeness (QED) is 0.399. The van der Waals surface area contributed by atoms with Gasteiger partial charge in [-0.3, -0.25) is 0 Å². The molecule has 3 heteroatoms. The third-order valence-corrected chi connectivity index (χ3v) is 4.09. The Morgan fingerprint density at radius 2 is 0.905 bits per heavy atom. The highest BCUT2D eigenvalue weighted by Gasteiger charge is 2.03. The maximum Gasteiger partial charge on any atom is 0.0443 e. The van der Waals surface area contributed by atoms with Gasteiger partial charge in [0, 0.05) is 26.3 Å². The summed E-state index contributed by atoms with van der Waals surface area (Å²) in [5.74, 6) is 0. The van der Waals surface area contributed by atoms with Gasteiger partial charge < -0.3 is 15.1 Å². The molecular weight excluding hydrogens is 262 g/mol. The van der Waals surface area contributed by atoms with Crippen molar-refractivity contribution in [2.45, 2.75) is 84.0 Å². The fourth-order valence-electron chi connectivity index (χ4n) is 2.75. The normalized spacial score (nSPS) is 11.4. The third-order valence-electron chi connectivity index (χ3n) is 4.09. The van der Waals surface area contributed by atoms with Crippen LogP contribution in [0.15, 0.2) is 0 Å². The molecule has 0 aliphatic carbocycles. The molecule has 2 N–H and O–H groups in total. The number of hydrogen-bond donors (Lipinski definition) is 2. The number of aliphatic hydroxyl groups excluding tert-OH is 2. The highest BCUT2D eigenvalue weighted by atomic mass is 16.3. The molecule has 0 aromatic rings. The second-order valence-corrected chi connectivity index (χ2v) is 6.18. The highest BCUT2D eigenvalue weighted by molar-refractivity contribution is 4.58. The van der Waals surface area contributed by atoms with E-state index in [-0.39, 0.29) is 13.2 Å². The molecule has 21 heavy (non-hydrogen) atoms. The second kappa shape index (κ2) is 17.9. The van der Waals surface area contributed by atoms with E-state index in [1.807, 2.05) is 0 Å². The van der Waals surface area contributed by atoms with E-state index in [4.69, 9.17) is 10.2 Å². The summed E-state index contributed by atoms with van der Waals surface area (Å²) in [7, 11) is 0. The molecule has 0 atom stereocenters. The van der Waals surface area contributed by atoms with E-state index in [9.17, 15) is 0 Å². The van der Waals surface area contributed by atoms with Crippen LogP contribution in [0.25, 0.3) is 0 Å². The molecule has 0 aliphatic rings. The van der Waals surface area contributed by atoms with Crippen molar-refractivity contribution in [2.24, 2.45) is 0 Å². The number of nitrogens with zero attached hydrogens (tertiary/aromatic N) is 1. The van der Waals surface area contributed by atoms with Gasteiger partial charge in [-0.25, -0.2) is 0 Å². The second-order valence-electron chi connectivity index (χ2n) is 6.18. The molecule has 0 aromatic heterocycles. The van der Waals surface area contributed by atoms with Gasteiger partial charge in [-0.15, -0.1) is 0 Å². The van der Waals surface area contributed by atoms with Crippen LogP contribution in [-0.2, 0) is 0 Å². The monoisotopic (exact) mass is 301 g/mol. The third kappa shape index (κ3) is 16.1. The molecule has 0 radical (unpaired) electrons. The molecular formula is C18H39NO2. The summed E-state index contributed by atoms with van der Waals surface area (Å²) in [6.45, 7) is 5.87. The molecule has 128 valence electrons. The average Bonchev–Trinajstić information content (AvgIpc) is 2.51. The van der Waals surface area contributed by atoms with Gasteiger partial charge in [0.05, 0.1) is 0 Å². The highest BCUT2D eigenvalue weighted by Crippen LogP contribution is 2.11. The van der Waals surface area contributed by atoms with Gasteiger partial charge >= 0.3 is 0 Å². The maximum absolute atomic E-state index is 8.91. The van der Waals surface area contributed by atoms with E-state index in [1.165, 1.54) is 64.2 Å². The molecule has 0 saturated carbocycles. The Morgan fingerprint density at radius 1 is 0.524 bits per heavy atom. The van der Waals surface area contributed by atoms with E-state index >= 15 is 0 Å². The minimum Gasteiger partial charge on any atom is -0.396 e. The lowest BCUT2D eigenvalue weighted by Gasteiger charge is -2.21. The van der Waals surface area contributed by atoms with Crippen molar-refractivity contribution in [2.75, 3.05) is 32.8 Å². The van der Waals surface area contributed by atoms with Gasteiger partial charge in [-0.1, -0.05) is 64.7 Å². The van der Waals surface area contributed by atoms with Gasteiger partial charge in [0.25, 0.3) is 0 Å². The van der Waals surface area contributed by atoms with Crippen LogP contribution in [0.1, 0.15) is 84.0 Å². The zero-order valence-corrected chi connectivity index (χ0v) is 14.4. The Hall–Kier alpha value is -0.120. The average molecular weight is 302 g/mol. The Morgan fingerprint density at radius 3 is 1.33 bits per heavy atom. The molecule has 0 aliphatic heterocycles. The number of unbranched alkanes of at least 4 members (excludes halogenated alkanes) is 9. The van der Waals surface area contributed by atoms with Gasteiger partial charge in [-0.2, -0.15) is 0 Å². The van der Waals surface area contributed by atoms with Crippen LogP contribution in [0.3, 0.4) is 0 Å². The van der Waals surface area contributed by atoms with E-state index in [1.54, 1.807) is 0 Å². The minimum atomic E-state index is 0.271. The van der Waals surface area contributed by atoms with E-state index in [0.29, 0.717) is 0 Å². The van der Waals surface area contributed by atoms with Crippen LogP contribution < -0.4 is 0 Å². The van der Waals surface area contributed by atoms with Gasteiger partial charge in [0.1, 0.15) is 0 Å². The molecule has 0 bridgehead atoms. The molecule has 0 saturated heterocycles. The van der Waals surface area contributed by atoms with E-state index in [2.05, 4.69) is 11.8 Å². The topological polar surface area (TPSA) is 43.7 Å². The summed E-state index contributed by atoms with van der Waals surface area (Å²) in [6.07, 6.45) is 15.4. The Labute approximate surface area is 132 Å². The summed E-state index contributed by atoms with van der Waals surface area (Å²) < 4.78 is 0. The van der Waals surface area contributed by atoms with Crippen molar-refractivity contribution >= 4 is 0 Å². The smallest absolute Gasteiger partial charge is 0.0443 e. The molecule has 0 aromatic carbocycles. The summed E-state index contributed by atoms with van der Waals surface area (Å²) in [4.78, 5) is 2.39. The van der Waals surface area contributed by atoms with Crippen molar-refractivity contribution in [1.82, 2.24) is 4.90 Å². The van der Waals surface area contributed by atoms with Crippen molar-refractivity contribution in [3.05, 3.63) is 0 Å². The molecule has 0 unspecified atom stereocenters. The largest absolute Gasteiger partial charge is 0.396 e. The zero-order valence-electron chi connectivity index (χ0n) is 14.4. The Kier molecular flexibility index (Phi) is 17.8. The SMILES string of the molecule is CCCCCCCCCCCCN(CCCO)CCCO. The summed E-state index contributed by atoms with van der Waals surface area (Å²) >= 11 is 0. The fraction of sp³-hybridized carbons (Fsp3) is 1.00. The fourth-order valence-corrected chi connectivity index (χ4v) is 2.75. The van der Waals surface area contributed by atoms with Crippen LogP contribution in [0.5, 0.6) is 0 Å². The lowest BCUT2D eigenvalue weighted by atomic mass is 10.1. The van der Waals surface area contributed by atoms with Crippen LogP contribution in [0, 0.1) is 0 Å². The summed E-state index contributed by atoms with van der Waals surface area (Å²) in [5, 5.41) is 17.8. The first-order chi connectivity index (χ1) is 10.3. The van der Waals surface area contributed by atoms with E-state index < -0.39 is 0 Å². The standard InChI is InChI=1S/C18H39NO2/c1-2-3-4-5-6-7-8-9-10-11-14-19(15-12-17-20)16-13-18-21/h20-21H,2-18H2,1H3. The van der Waals surface area contributed by atoms with Crippen molar-refractivity contribution in [1.29, 1.82) is 0 Å². The van der Waals surface area contributed by atoms with E-state index in [0.717, 1.165) is 32.5 Å². The maximum atomic E-state index is 8.91. The Bertz CT molecular complexity index is 180. The molecule has 0 spiro atoms. The van der Waals surface area contributed by atoms with Crippen LogP contribution in [0.2, 0.25) is 0 Å². The zero-order chi connectivity index (χ0) is 15.6. The molecule has 0 fully saturated rings. The molecule has 0 heterocycles. The van der Waals surface area contributed by atoms with Crippen LogP contribution >= 0.6 is 0 Å². The Balaban J connectivity index is 3.35. The summed E-state index contributed by atoms with van der Waals surface area (Å²) in [6, 6.07) is 0. The first-order valence-electron chi connectivity index (χ1n) is 9.29. The van der Waals surface area contributed by atoms with Gasteiger partial charge in [0.2, 0.25) is 0 Å². The minimum absolute atomic E-state index is 0.271. The predicted octanol–water partition coefficient (Wildman–Crippen LogP) is 3.97. The number of hydrogen-bond acceptors (Lipinski definition) is 3.